The predicted molar refractivity (Wildman–Crippen MR) is 105 cm³/mol. The second-order valence-electron chi connectivity index (χ2n) is 7.94. The van der Waals surface area contributed by atoms with Crippen molar-refractivity contribution >= 4 is 33.3 Å². The number of carbonyl (C=O) groups is 1. The van der Waals surface area contributed by atoms with Gasteiger partial charge < -0.3 is 10.1 Å². The molecule has 138 valence electrons. The fourth-order valence-corrected chi connectivity index (χ4v) is 5.02. The van der Waals surface area contributed by atoms with Crippen molar-refractivity contribution in [1.82, 2.24) is 15.2 Å². The monoisotopic (exact) mass is 380 g/mol. The molecule has 2 fully saturated rings. The number of aryl methyl sites for hydroxylation is 1. The van der Waals surface area contributed by atoms with E-state index in [0.29, 0.717) is 11.7 Å². The fraction of sp³-hybridized carbons (Fsp3) is 0.400. The van der Waals surface area contributed by atoms with E-state index in [1.807, 2.05) is 31.3 Å². The Balaban J connectivity index is 1.38. The summed E-state index contributed by atoms with van der Waals surface area (Å²) in [5.74, 6) is 0.0361. The molecule has 5 rings (SSSR count). The molecule has 2 aromatic heterocycles. The number of carbonyl (C=O) groups excluding carboxylic acids is 1. The Hall–Kier alpha value is -2.38. The standard InChI is InChI=1S/C20H20N4O2S/c1-12-7-14-8-13(3-4-15(14)24-23-12)16-9-21-18(27-16)22-17(25)20-6-5-19(2,10-20)26-11-20/h3-4,7-9H,5-6,10-11H2,1-2H3,(H,21,22,25). The summed E-state index contributed by atoms with van der Waals surface area (Å²) in [4.78, 5) is 18.3. The molecule has 1 N–H and O–H groups in total. The van der Waals surface area contributed by atoms with Gasteiger partial charge in [0, 0.05) is 11.6 Å². The number of thiazole rings is 1. The number of nitrogens with zero attached hydrogens (tertiary/aromatic N) is 3. The third-order valence-electron chi connectivity index (χ3n) is 5.74. The fourth-order valence-electron chi connectivity index (χ4n) is 4.21. The van der Waals surface area contributed by atoms with E-state index in [9.17, 15) is 4.79 Å². The van der Waals surface area contributed by atoms with Gasteiger partial charge in [0.1, 0.15) is 0 Å². The van der Waals surface area contributed by atoms with E-state index in [1.165, 1.54) is 11.3 Å². The molecule has 2 bridgehead atoms. The summed E-state index contributed by atoms with van der Waals surface area (Å²) in [5, 5.41) is 13.0. The Bertz CT molecular complexity index is 1050. The maximum absolute atomic E-state index is 12.9. The van der Waals surface area contributed by atoms with Gasteiger partial charge in [-0.1, -0.05) is 17.4 Å². The maximum Gasteiger partial charge on any atom is 0.234 e. The van der Waals surface area contributed by atoms with E-state index >= 15 is 0 Å². The average Bonchev–Trinajstić information content (AvgIpc) is 3.34. The summed E-state index contributed by atoms with van der Waals surface area (Å²) in [7, 11) is 0. The highest BCUT2D eigenvalue weighted by Gasteiger charge is 2.57. The van der Waals surface area contributed by atoms with Crippen LogP contribution in [0.5, 0.6) is 0 Å². The zero-order chi connectivity index (χ0) is 18.6. The van der Waals surface area contributed by atoms with Crippen LogP contribution in [-0.2, 0) is 9.53 Å². The number of ether oxygens (including phenoxy) is 1. The molecular weight excluding hydrogens is 360 g/mol. The first kappa shape index (κ1) is 16.8. The number of nitrogens with one attached hydrogen (secondary N) is 1. The molecular formula is C20H20N4O2S. The molecule has 1 amide bonds. The van der Waals surface area contributed by atoms with Crippen molar-refractivity contribution in [1.29, 1.82) is 0 Å². The molecule has 1 saturated carbocycles. The van der Waals surface area contributed by atoms with E-state index < -0.39 is 0 Å². The summed E-state index contributed by atoms with van der Waals surface area (Å²) >= 11 is 1.49. The van der Waals surface area contributed by atoms with E-state index in [0.717, 1.165) is 46.3 Å². The van der Waals surface area contributed by atoms with E-state index in [-0.39, 0.29) is 16.9 Å². The number of anilines is 1. The van der Waals surface area contributed by atoms with Crippen LogP contribution < -0.4 is 5.32 Å². The van der Waals surface area contributed by atoms with Gasteiger partial charge in [0.2, 0.25) is 5.91 Å². The quantitative estimate of drug-likeness (QED) is 0.744. The molecule has 1 aliphatic heterocycles. The second-order valence-corrected chi connectivity index (χ2v) is 8.97. The molecule has 1 saturated heterocycles. The Morgan fingerprint density at radius 3 is 2.89 bits per heavy atom. The molecule has 6 nitrogen and oxygen atoms in total. The highest BCUT2D eigenvalue weighted by atomic mass is 32.1. The number of rotatable bonds is 3. The van der Waals surface area contributed by atoms with Crippen LogP contribution in [0.2, 0.25) is 0 Å². The van der Waals surface area contributed by atoms with Crippen LogP contribution in [-0.4, -0.2) is 33.3 Å². The molecule has 2 aliphatic rings. The Morgan fingerprint density at radius 2 is 2.15 bits per heavy atom. The minimum Gasteiger partial charge on any atom is -0.374 e. The predicted octanol–water partition coefficient (Wildman–Crippen LogP) is 3.96. The van der Waals surface area contributed by atoms with Crippen LogP contribution in [0, 0.1) is 12.3 Å². The molecule has 0 spiro atoms. The normalized spacial score (nSPS) is 26.6. The zero-order valence-corrected chi connectivity index (χ0v) is 16.1. The lowest BCUT2D eigenvalue weighted by atomic mass is 9.86. The lowest BCUT2D eigenvalue weighted by Gasteiger charge is -2.25. The summed E-state index contributed by atoms with van der Waals surface area (Å²) in [6.45, 7) is 4.54. The molecule has 7 heteroatoms. The van der Waals surface area contributed by atoms with E-state index in [2.05, 4.69) is 33.5 Å². The van der Waals surface area contributed by atoms with Crippen molar-refractivity contribution < 1.29 is 9.53 Å². The van der Waals surface area contributed by atoms with Gasteiger partial charge in [-0.3, -0.25) is 4.79 Å². The summed E-state index contributed by atoms with van der Waals surface area (Å²) in [6.07, 6.45) is 4.45. The SMILES string of the molecule is Cc1cc2cc(-c3cnc(NC(=O)C45CCC(C)(C4)OC5)s3)ccc2nn1. The van der Waals surface area contributed by atoms with E-state index in [4.69, 9.17) is 4.74 Å². The Kier molecular flexibility index (Phi) is 3.61. The van der Waals surface area contributed by atoms with Gasteiger partial charge >= 0.3 is 0 Å². The molecule has 1 aromatic carbocycles. The molecule has 3 heterocycles. The van der Waals surface area contributed by atoms with Gasteiger partial charge in [-0.2, -0.15) is 10.2 Å². The first-order chi connectivity index (χ1) is 12.9. The Labute approximate surface area is 161 Å². The van der Waals surface area contributed by atoms with Crippen LogP contribution in [0.4, 0.5) is 5.13 Å². The average molecular weight is 380 g/mol. The molecule has 0 radical (unpaired) electrons. The van der Waals surface area contributed by atoms with Crippen LogP contribution in [0.15, 0.2) is 30.5 Å². The van der Waals surface area contributed by atoms with Crippen LogP contribution in [0.3, 0.4) is 0 Å². The number of benzene rings is 1. The molecule has 2 unspecified atom stereocenters. The number of amides is 1. The summed E-state index contributed by atoms with van der Waals surface area (Å²) < 4.78 is 5.84. The van der Waals surface area contributed by atoms with Crippen LogP contribution in [0.25, 0.3) is 21.3 Å². The van der Waals surface area contributed by atoms with Crippen molar-refractivity contribution in [2.75, 3.05) is 11.9 Å². The smallest absolute Gasteiger partial charge is 0.234 e. The number of fused-ring (bicyclic) bond motifs is 3. The van der Waals surface area contributed by atoms with Crippen LogP contribution in [0.1, 0.15) is 31.9 Å². The lowest BCUT2D eigenvalue weighted by Crippen LogP contribution is -2.35. The van der Waals surface area contributed by atoms with Crippen molar-refractivity contribution in [3.63, 3.8) is 0 Å². The number of hydrogen-bond acceptors (Lipinski definition) is 6. The number of aromatic nitrogens is 3. The lowest BCUT2D eigenvalue weighted by molar-refractivity contribution is -0.127. The van der Waals surface area contributed by atoms with Gasteiger partial charge in [0.15, 0.2) is 5.13 Å². The highest BCUT2D eigenvalue weighted by molar-refractivity contribution is 7.19. The van der Waals surface area contributed by atoms with Crippen molar-refractivity contribution in [2.45, 2.75) is 38.7 Å². The minimum atomic E-state index is -0.389. The van der Waals surface area contributed by atoms with Gasteiger partial charge in [0.25, 0.3) is 0 Å². The first-order valence-corrected chi connectivity index (χ1v) is 9.92. The zero-order valence-electron chi connectivity index (χ0n) is 15.3. The second kappa shape index (κ2) is 5.81. The highest BCUT2D eigenvalue weighted by Crippen LogP contribution is 2.53. The largest absolute Gasteiger partial charge is 0.374 e. The molecule has 2 atom stereocenters. The number of hydrogen-bond donors (Lipinski definition) is 1. The van der Waals surface area contributed by atoms with Gasteiger partial charge in [0.05, 0.1) is 33.7 Å². The Morgan fingerprint density at radius 1 is 1.26 bits per heavy atom. The third kappa shape index (κ3) is 2.82. The third-order valence-corrected chi connectivity index (χ3v) is 6.70. The molecule has 3 aromatic rings. The van der Waals surface area contributed by atoms with Gasteiger partial charge in [-0.25, -0.2) is 4.98 Å². The first-order valence-electron chi connectivity index (χ1n) is 9.11. The van der Waals surface area contributed by atoms with Gasteiger partial charge in [-0.15, -0.1) is 0 Å². The van der Waals surface area contributed by atoms with Crippen LogP contribution >= 0.6 is 11.3 Å². The summed E-state index contributed by atoms with van der Waals surface area (Å²) in [6, 6.07) is 8.08. The summed E-state index contributed by atoms with van der Waals surface area (Å²) in [5.41, 5.74) is 2.30. The van der Waals surface area contributed by atoms with Gasteiger partial charge in [-0.05, 0) is 56.9 Å². The van der Waals surface area contributed by atoms with Crippen molar-refractivity contribution in [3.8, 4) is 10.4 Å². The molecule has 1 aliphatic carbocycles. The maximum atomic E-state index is 12.9. The van der Waals surface area contributed by atoms with Crippen molar-refractivity contribution in [2.24, 2.45) is 5.41 Å². The minimum absolute atomic E-state index is 0.0361. The van der Waals surface area contributed by atoms with E-state index in [1.54, 1.807) is 0 Å². The molecule has 27 heavy (non-hydrogen) atoms. The topological polar surface area (TPSA) is 77.0 Å². The van der Waals surface area contributed by atoms with Crippen molar-refractivity contribution in [3.05, 3.63) is 36.2 Å².